The van der Waals surface area contributed by atoms with Gasteiger partial charge in [0.05, 0.1) is 17.4 Å². The fourth-order valence-corrected chi connectivity index (χ4v) is 4.54. The Morgan fingerprint density at radius 1 is 0.912 bits per heavy atom. The van der Waals surface area contributed by atoms with E-state index in [4.69, 9.17) is 9.47 Å². The number of piperidine rings is 1. The van der Waals surface area contributed by atoms with E-state index < -0.39 is 23.5 Å². The van der Waals surface area contributed by atoms with Crippen molar-refractivity contribution in [3.05, 3.63) is 59.5 Å². The van der Waals surface area contributed by atoms with Crippen molar-refractivity contribution < 1.29 is 35.8 Å². The lowest BCUT2D eigenvalue weighted by Crippen LogP contribution is -2.46. The van der Waals surface area contributed by atoms with Crippen molar-refractivity contribution >= 4 is 5.82 Å². The molecule has 1 unspecified atom stereocenters. The van der Waals surface area contributed by atoms with Crippen LogP contribution < -0.4 is 14.4 Å². The molecule has 2 aliphatic heterocycles. The van der Waals surface area contributed by atoms with Gasteiger partial charge in [-0.05, 0) is 62.6 Å². The van der Waals surface area contributed by atoms with Gasteiger partial charge in [-0.2, -0.15) is 26.3 Å². The summed E-state index contributed by atoms with van der Waals surface area (Å²) in [5, 5.41) is 0. The molecule has 3 atom stereocenters. The molecule has 10 heteroatoms. The molecule has 2 aliphatic rings. The van der Waals surface area contributed by atoms with Crippen LogP contribution in [0.15, 0.2) is 48.4 Å². The van der Waals surface area contributed by atoms with E-state index in [-0.39, 0.29) is 29.7 Å². The van der Waals surface area contributed by atoms with Crippen LogP contribution in [0.3, 0.4) is 0 Å². The highest BCUT2D eigenvalue weighted by molar-refractivity contribution is 5.46. The molecule has 0 amide bonds. The normalized spacial score (nSPS) is 22.5. The van der Waals surface area contributed by atoms with Gasteiger partial charge in [-0.15, -0.1) is 0 Å². The molecule has 2 bridgehead atoms. The highest BCUT2D eigenvalue weighted by Crippen LogP contribution is 2.42. The Balaban J connectivity index is 1.50. The fourth-order valence-electron chi connectivity index (χ4n) is 4.54. The molecule has 2 saturated heterocycles. The molecule has 1 aromatic carbocycles. The van der Waals surface area contributed by atoms with Crippen LogP contribution in [0.2, 0.25) is 0 Å². The van der Waals surface area contributed by atoms with Gasteiger partial charge in [0.15, 0.2) is 11.5 Å². The third-order valence-electron chi connectivity index (χ3n) is 6.02. The lowest BCUT2D eigenvalue weighted by molar-refractivity contribution is -0.138. The number of allylic oxidation sites excluding steroid dienone is 1. The van der Waals surface area contributed by atoms with E-state index in [2.05, 4.69) is 4.98 Å². The number of alkyl halides is 6. The molecule has 4 nitrogen and oxygen atoms in total. The second kappa shape index (κ2) is 9.03. The number of rotatable bonds is 5. The predicted octanol–water partition coefficient (Wildman–Crippen LogP) is 7.00. The first-order valence-electron chi connectivity index (χ1n) is 10.9. The average molecular weight is 486 g/mol. The van der Waals surface area contributed by atoms with Crippen molar-refractivity contribution in [3.63, 3.8) is 0 Å². The first-order chi connectivity index (χ1) is 15.9. The van der Waals surface area contributed by atoms with Crippen LogP contribution in [-0.2, 0) is 12.4 Å². The van der Waals surface area contributed by atoms with E-state index >= 15 is 0 Å². The molecule has 1 aromatic heterocycles. The van der Waals surface area contributed by atoms with Crippen LogP contribution in [0.5, 0.6) is 11.5 Å². The zero-order valence-electron chi connectivity index (χ0n) is 18.6. The van der Waals surface area contributed by atoms with E-state index in [9.17, 15) is 26.3 Å². The van der Waals surface area contributed by atoms with Crippen molar-refractivity contribution in [1.29, 1.82) is 0 Å². The number of halogens is 6. The lowest BCUT2D eigenvalue weighted by Gasteiger charge is -2.39. The summed E-state index contributed by atoms with van der Waals surface area (Å²) in [4.78, 5) is 6.07. The lowest BCUT2D eigenvalue weighted by atomic mass is 9.99. The highest BCUT2D eigenvalue weighted by Gasteiger charge is 2.43. The Kier molecular flexibility index (Phi) is 6.44. The van der Waals surface area contributed by atoms with Gasteiger partial charge in [0, 0.05) is 31.1 Å². The van der Waals surface area contributed by atoms with Crippen LogP contribution in [0.1, 0.15) is 50.7 Å². The molecule has 0 aliphatic carbocycles. The van der Waals surface area contributed by atoms with Gasteiger partial charge < -0.3 is 14.4 Å². The summed E-state index contributed by atoms with van der Waals surface area (Å²) in [7, 11) is 0. The van der Waals surface area contributed by atoms with Crippen molar-refractivity contribution in [1.82, 2.24) is 4.98 Å². The Bertz CT molecular complexity index is 1030. The summed E-state index contributed by atoms with van der Waals surface area (Å²) in [5.74, 6) is 0.687. The van der Waals surface area contributed by atoms with Gasteiger partial charge >= 0.3 is 12.4 Å². The van der Waals surface area contributed by atoms with Crippen LogP contribution in [0.25, 0.3) is 0 Å². The van der Waals surface area contributed by atoms with Gasteiger partial charge in [0.2, 0.25) is 0 Å². The van der Waals surface area contributed by atoms with Gasteiger partial charge in [-0.25, -0.2) is 4.98 Å². The second-order valence-electron chi connectivity index (χ2n) is 8.88. The number of anilines is 1. The molecule has 2 aromatic rings. The van der Waals surface area contributed by atoms with Crippen molar-refractivity contribution in [2.75, 3.05) is 4.90 Å². The third kappa shape index (κ3) is 5.26. The summed E-state index contributed by atoms with van der Waals surface area (Å²) >= 11 is 0. The maximum atomic E-state index is 13.2. The van der Waals surface area contributed by atoms with Gasteiger partial charge in [0.25, 0.3) is 0 Å². The number of pyridine rings is 1. The van der Waals surface area contributed by atoms with Crippen LogP contribution in [-0.4, -0.2) is 23.2 Å². The van der Waals surface area contributed by atoms with Crippen LogP contribution in [0, 0.1) is 0 Å². The Hall–Kier alpha value is -2.91. The molecule has 184 valence electrons. The summed E-state index contributed by atoms with van der Waals surface area (Å²) < 4.78 is 89.7. The molecule has 2 fully saturated rings. The number of aromatic nitrogens is 1. The average Bonchev–Trinajstić information content (AvgIpc) is 3.02. The number of hydrogen-bond donors (Lipinski definition) is 0. The van der Waals surface area contributed by atoms with E-state index in [1.165, 1.54) is 18.4 Å². The minimum atomic E-state index is -4.51. The Morgan fingerprint density at radius 2 is 1.53 bits per heavy atom. The summed E-state index contributed by atoms with van der Waals surface area (Å²) in [6, 6.07) is 5.60. The smallest absolute Gasteiger partial charge is 0.417 e. The zero-order valence-corrected chi connectivity index (χ0v) is 18.6. The number of hydrogen-bond acceptors (Lipinski definition) is 4. The monoisotopic (exact) mass is 486 g/mol. The molecular formula is C24H24F6N2O2. The summed E-state index contributed by atoms with van der Waals surface area (Å²) in [6.45, 7) is 3.52. The van der Waals surface area contributed by atoms with Crippen molar-refractivity contribution in [3.8, 4) is 11.5 Å². The minimum Gasteiger partial charge on any atom is -0.486 e. The molecule has 0 spiro atoms. The van der Waals surface area contributed by atoms with Gasteiger partial charge in [-0.3, -0.25) is 0 Å². The third-order valence-corrected chi connectivity index (χ3v) is 6.02. The fraction of sp³-hybridized carbons (Fsp3) is 0.458. The van der Waals surface area contributed by atoms with Crippen molar-refractivity contribution in [2.45, 2.75) is 70.1 Å². The summed E-state index contributed by atoms with van der Waals surface area (Å²) in [5.41, 5.74) is -0.855. The highest BCUT2D eigenvalue weighted by atomic mass is 19.4. The van der Waals surface area contributed by atoms with Crippen molar-refractivity contribution in [2.24, 2.45) is 0 Å². The second-order valence-corrected chi connectivity index (χ2v) is 8.88. The van der Waals surface area contributed by atoms with E-state index in [0.717, 1.165) is 42.8 Å². The molecule has 0 N–H and O–H groups in total. The Labute approximate surface area is 193 Å². The molecular weight excluding hydrogens is 462 g/mol. The Morgan fingerprint density at radius 3 is 2.06 bits per heavy atom. The number of fused-ring (bicyclic) bond motifs is 2. The first-order valence-corrected chi connectivity index (χ1v) is 10.9. The standard InChI is InChI=1S/C24H24F6N2O2/c1-14(2)13-33-21-9-15(23(25,26)27)3-7-20(21)34-19-10-17-5-6-18(11-19)32(17)22-8-4-16(12-31-22)24(28,29)30/h3-4,7-9,12-13,17-19H,5-6,10-11H2,1-2H3/t17-,18+,19?. The number of nitrogens with zero attached hydrogens (tertiary/aromatic N) is 2. The minimum absolute atomic E-state index is 0.0181. The largest absolute Gasteiger partial charge is 0.486 e. The van der Waals surface area contributed by atoms with Crippen LogP contribution >= 0.6 is 0 Å². The SMILES string of the molecule is CC(C)=COc1cc(C(F)(F)F)ccc1OC1C[C@H]2CC[C@@H](C1)N2c1ccc(C(F)(F)F)cn1. The maximum Gasteiger partial charge on any atom is 0.417 e. The van der Waals surface area contributed by atoms with Gasteiger partial charge in [0.1, 0.15) is 11.9 Å². The zero-order chi connectivity index (χ0) is 24.7. The first kappa shape index (κ1) is 24.2. The number of ether oxygens (including phenoxy) is 2. The predicted molar refractivity (Wildman–Crippen MR) is 114 cm³/mol. The maximum absolute atomic E-state index is 13.2. The number of benzene rings is 1. The van der Waals surface area contributed by atoms with E-state index in [1.807, 2.05) is 4.90 Å². The van der Waals surface area contributed by atoms with Gasteiger partial charge in [-0.1, -0.05) is 0 Å². The topological polar surface area (TPSA) is 34.6 Å². The van der Waals surface area contributed by atoms with E-state index in [0.29, 0.717) is 18.7 Å². The molecule has 3 heterocycles. The quantitative estimate of drug-likeness (QED) is 0.337. The molecule has 34 heavy (non-hydrogen) atoms. The van der Waals surface area contributed by atoms with Crippen LogP contribution in [0.4, 0.5) is 32.2 Å². The molecule has 4 rings (SSSR count). The molecule has 0 saturated carbocycles. The molecule has 0 radical (unpaired) electrons. The van der Waals surface area contributed by atoms with E-state index in [1.54, 1.807) is 13.8 Å². The summed E-state index contributed by atoms with van der Waals surface area (Å²) in [6.07, 6.45) is -4.21.